The van der Waals surface area contributed by atoms with Gasteiger partial charge < -0.3 is 14.8 Å². The summed E-state index contributed by atoms with van der Waals surface area (Å²) in [4.78, 5) is 1.29. The van der Waals surface area contributed by atoms with E-state index in [1.807, 2.05) is 49.4 Å². The molecule has 2 aromatic carbocycles. The van der Waals surface area contributed by atoms with Crippen LogP contribution in [0.1, 0.15) is 22.9 Å². The van der Waals surface area contributed by atoms with Crippen molar-refractivity contribution in [3.63, 3.8) is 0 Å². The Labute approximate surface area is 173 Å². The summed E-state index contributed by atoms with van der Waals surface area (Å²) in [6, 6.07) is 15.5. The predicted octanol–water partition coefficient (Wildman–Crippen LogP) is 6.32. The summed E-state index contributed by atoms with van der Waals surface area (Å²) in [5.74, 6) is 1.32. The van der Waals surface area contributed by atoms with Gasteiger partial charge in [-0.05, 0) is 47.7 Å². The van der Waals surface area contributed by atoms with Crippen LogP contribution in [0.2, 0.25) is 10.0 Å². The summed E-state index contributed by atoms with van der Waals surface area (Å²) in [7, 11) is 0. The van der Waals surface area contributed by atoms with Crippen LogP contribution in [0.15, 0.2) is 53.9 Å². The molecule has 0 fully saturated rings. The van der Waals surface area contributed by atoms with E-state index in [1.165, 1.54) is 4.88 Å². The Morgan fingerprint density at radius 2 is 1.81 bits per heavy atom. The van der Waals surface area contributed by atoms with Crippen LogP contribution in [0, 0.1) is 0 Å². The van der Waals surface area contributed by atoms with Crippen LogP contribution < -0.4 is 14.8 Å². The molecule has 142 valence electrons. The Hall–Kier alpha value is -1.72. The van der Waals surface area contributed by atoms with Crippen molar-refractivity contribution in [3.05, 3.63) is 80.0 Å². The molecular formula is C21H21Cl2NO2S. The minimum Gasteiger partial charge on any atom is -0.490 e. The van der Waals surface area contributed by atoms with Gasteiger partial charge in [-0.2, -0.15) is 0 Å². The first kappa shape index (κ1) is 20.0. The van der Waals surface area contributed by atoms with E-state index >= 15 is 0 Å². The van der Waals surface area contributed by atoms with Gasteiger partial charge in [0, 0.05) is 34.1 Å². The molecule has 3 rings (SSSR count). The van der Waals surface area contributed by atoms with Crippen molar-refractivity contribution in [2.24, 2.45) is 0 Å². The standard InChI is InChI=1S/C21H21Cl2NO2S/c1-2-25-20-10-16(12-24-13-18-7-4-8-27-18)19(23)11-21(20)26-14-15-5-3-6-17(22)9-15/h3-11,24H,2,12-14H2,1H3. The Kier molecular flexibility index (Phi) is 7.41. The van der Waals surface area contributed by atoms with Gasteiger partial charge in [-0.3, -0.25) is 0 Å². The van der Waals surface area contributed by atoms with Crippen LogP contribution in [-0.2, 0) is 19.7 Å². The Morgan fingerprint density at radius 3 is 2.56 bits per heavy atom. The molecule has 0 amide bonds. The molecule has 1 aromatic heterocycles. The number of halogens is 2. The third kappa shape index (κ3) is 5.88. The molecule has 27 heavy (non-hydrogen) atoms. The maximum Gasteiger partial charge on any atom is 0.163 e. The lowest BCUT2D eigenvalue weighted by molar-refractivity contribution is 0.269. The first-order valence-corrected chi connectivity index (χ1v) is 10.3. The number of thiophene rings is 1. The van der Waals surface area contributed by atoms with Crippen LogP contribution in [-0.4, -0.2) is 6.61 Å². The first-order valence-electron chi connectivity index (χ1n) is 8.71. The molecule has 0 aliphatic rings. The highest BCUT2D eigenvalue weighted by atomic mass is 35.5. The molecule has 0 radical (unpaired) electrons. The molecule has 6 heteroatoms. The molecule has 1 N–H and O–H groups in total. The number of hydrogen-bond acceptors (Lipinski definition) is 4. The summed E-state index contributed by atoms with van der Waals surface area (Å²) < 4.78 is 11.7. The summed E-state index contributed by atoms with van der Waals surface area (Å²) in [5, 5.41) is 6.82. The van der Waals surface area contributed by atoms with Crippen molar-refractivity contribution in [2.75, 3.05) is 6.61 Å². The highest BCUT2D eigenvalue weighted by molar-refractivity contribution is 7.09. The molecule has 0 aliphatic heterocycles. The quantitative estimate of drug-likeness (QED) is 0.438. The third-order valence-electron chi connectivity index (χ3n) is 3.89. The number of ether oxygens (including phenoxy) is 2. The maximum atomic E-state index is 6.48. The van der Waals surface area contributed by atoms with Gasteiger partial charge in [0.2, 0.25) is 0 Å². The normalized spacial score (nSPS) is 10.8. The zero-order valence-corrected chi connectivity index (χ0v) is 17.3. The molecular weight excluding hydrogens is 401 g/mol. The van der Waals surface area contributed by atoms with Crippen LogP contribution in [0.3, 0.4) is 0 Å². The smallest absolute Gasteiger partial charge is 0.163 e. The van der Waals surface area contributed by atoms with E-state index in [-0.39, 0.29) is 0 Å². The highest BCUT2D eigenvalue weighted by Crippen LogP contribution is 2.34. The fourth-order valence-electron chi connectivity index (χ4n) is 2.62. The summed E-state index contributed by atoms with van der Waals surface area (Å²) in [5.41, 5.74) is 1.97. The number of rotatable bonds is 9. The SMILES string of the molecule is CCOc1cc(CNCc2cccs2)c(Cl)cc1OCc1cccc(Cl)c1. The van der Waals surface area contributed by atoms with E-state index < -0.39 is 0 Å². The van der Waals surface area contributed by atoms with Crippen molar-refractivity contribution in [1.29, 1.82) is 0 Å². The number of nitrogens with one attached hydrogen (secondary N) is 1. The van der Waals surface area contributed by atoms with Gasteiger partial charge in [0.15, 0.2) is 11.5 Å². The van der Waals surface area contributed by atoms with E-state index in [0.29, 0.717) is 41.3 Å². The number of hydrogen-bond donors (Lipinski definition) is 1. The zero-order valence-electron chi connectivity index (χ0n) is 15.0. The van der Waals surface area contributed by atoms with Gasteiger partial charge in [-0.25, -0.2) is 0 Å². The largest absolute Gasteiger partial charge is 0.490 e. The van der Waals surface area contributed by atoms with Crippen LogP contribution >= 0.6 is 34.5 Å². The fourth-order valence-corrected chi connectivity index (χ4v) is 3.72. The Morgan fingerprint density at radius 1 is 0.963 bits per heavy atom. The average molecular weight is 422 g/mol. The second-order valence-electron chi connectivity index (χ2n) is 5.92. The lowest BCUT2D eigenvalue weighted by atomic mass is 10.2. The Balaban J connectivity index is 1.68. The zero-order chi connectivity index (χ0) is 19.1. The van der Waals surface area contributed by atoms with Gasteiger partial charge in [0.25, 0.3) is 0 Å². The molecule has 3 nitrogen and oxygen atoms in total. The van der Waals surface area contributed by atoms with Crippen LogP contribution in [0.25, 0.3) is 0 Å². The molecule has 0 atom stereocenters. The number of benzene rings is 2. The lowest BCUT2D eigenvalue weighted by Gasteiger charge is -2.15. The van der Waals surface area contributed by atoms with Crippen LogP contribution in [0.4, 0.5) is 0 Å². The van der Waals surface area contributed by atoms with E-state index in [4.69, 9.17) is 32.7 Å². The second-order valence-corrected chi connectivity index (χ2v) is 7.80. The second kappa shape index (κ2) is 10.00. The summed E-state index contributed by atoms with van der Waals surface area (Å²) in [6.07, 6.45) is 0. The third-order valence-corrected chi connectivity index (χ3v) is 5.35. The minimum absolute atomic E-state index is 0.396. The van der Waals surface area contributed by atoms with Crippen LogP contribution in [0.5, 0.6) is 11.5 Å². The van der Waals surface area contributed by atoms with Crippen molar-refractivity contribution in [2.45, 2.75) is 26.6 Å². The van der Waals surface area contributed by atoms with Gasteiger partial charge >= 0.3 is 0 Å². The topological polar surface area (TPSA) is 30.5 Å². The van der Waals surface area contributed by atoms with Crippen molar-refractivity contribution < 1.29 is 9.47 Å². The van der Waals surface area contributed by atoms with Gasteiger partial charge in [0.05, 0.1) is 6.61 Å². The van der Waals surface area contributed by atoms with E-state index in [9.17, 15) is 0 Å². The maximum absolute atomic E-state index is 6.48. The molecule has 1 heterocycles. The molecule has 0 saturated heterocycles. The minimum atomic E-state index is 0.396. The molecule has 0 bridgehead atoms. The van der Waals surface area contributed by atoms with Gasteiger partial charge in [-0.15, -0.1) is 11.3 Å². The van der Waals surface area contributed by atoms with E-state index in [1.54, 1.807) is 11.3 Å². The van der Waals surface area contributed by atoms with E-state index in [0.717, 1.165) is 17.7 Å². The van der Waals surface area contributed by atoms with Gasteiger partial charge in [0.1, 0.15) is 6.61 Å². The van der Waals surface area contributed by atoms with Crippen molar-refractivity contribution >= 4 is 34.5 Å². The monoisotopic (exact) mass is 421 g/mol. The summed E-state index contributed by atoms with van der Waals surface area (Å²) >= 11 is 14.2. The van der Waals surface area contributed by atoms with Gasteiger partial charge in [-0.1, -0.05) is 41.4 Å². The highest BCUT2D eigenvalue weighted by Gasteiger charge is 2.12. The molecule has 0 spiro atoms. The lowest BCUT2D eigenvalue weighted by Crippen LogP contribution is -2.12. The van der Waals surface area contributed by atoms with Crippen molar-refractivity contribution in [3.8, 4) is 11.5 Å². The molecule has 3 aromatic rings. The average Bonchev–Trinajstić information content (AvgIpc) is 3.16. The fraction of sp³-hybridized carbons (Fsp3) is 0.238. The van der Waals surface area contributed by atoms with Crippen molar-refractivity contribution in [1.82, 2.24) is 5.32 Å². The Bertz CT molecular complexity index is 869. The summed E-state index contributed by atoms with van der Waals surface area (Å²) in [6.45, 7) is 4.37. The molecule has 0 saturated carbocycles. The molecule has 0 unspecified atom stereocenters. The molecule has 0 aliphatic carbocycles. The first-order chi connectivity index (χ1) is 13.2. The predicted molar refractivity (Wildman–Crippen MR) is 113 cm³/mol. The van der Waals surface area contributed by atoms with E-state index in [2.05, 4.69) is 16.8 Å².